The highest BCUT2D eigenvalue weighted by Gasteiger charge is 2.54. The van der Waals surface area contributed by atoms with E-state index < -0.39 is 0 Å². The molecule has 2 aromatic rings. The number of ether oxygens (including phenoxy) is 1. The maximum Gasteiger partial charge on any atom is 0.240 e. The SMILES string of the molecule is O[C@@H]1C[C@@H](NCc2nc(-c3ccccc3F)no2)C12CCOCC2. The van der Waals surface area contributed by atoms with Crippen molar-refractivity contribution in [3.8, 4) is 11.4 Å². The van der Waals surface area contributed by atoms with Gasteiger partial charge in [0.15, 0.2) is 0 Å². The molecule has 2 fully saturated rings. The average molecular weight is 333 g/mol. The first-order chi connectivity index (χ1) is 11.7. The quantitative estimate of drug-likeness (QED) is 0.889. The molecule has 0 unspecified atom stereocenters. The number of aliphatic hydroxyl groups excluding tert-OH is 1. The Bertz CT molecular complexity index is 715. The van der Waals surface area contributed by atoms with Crippen molar-refractivity contribution in [3.05, 3.63) is 36.0 Å². The Labute approximate surface area is 139 Å². The molecule has 1 aliphatic heterocycles. The highest BCUT2D eigenvalue weighted by atomic mass is 19.1. The molecule has 2 aliphatic rings. The maximum atomic E-state index is 13.8. The molecule has 6 nitrogen and oxygen atoms in total. The van der Waals surface area contributed by atoms with Gasteiger partial charge in [-0.3, -0.25) is 0 Å². The Morgan fingerprint density at radius 3 is 2.83 bits per heavy atom. The topological polar surface area (TPSA) is 80.4 Å². The minimum Gasteiger partial charge on any atom is -0.392 e. The zero-order valence-corrected chi connectivity index (χ0v) is 13.2. The molecule has 0 amide bonds. The van der Waals surface area contributed by atoms with Crippen LogP contribution >= 0.6 is 0 Å². The number of benzene rings is 1. The highest BCUT2D eigenvalue weighted by molar-refractivity contribution is 5.54. The third kappa shape index (κ3) is 2.62. The van der Waals surface area contributed by atoms with Gasteiger partial charge in [-0.05, 0) is 31.4 Å². The van der Waals surface area contributed by atoms with E-state index in [-0.39, 0.29) is 29.2 Å². The predicted octanol–water partition coefficient (Wildman–Crippen LogP) is 1.90. The largest absolute Gasteiger partial charge is 0.392 e. The molecule has 1 saturated heterocycles. The van der Waals surface area contributed by atoms with Crippen LogP contribution in [0, 0.1) is 11.2 Å². The zero-order valence-electron chi connectivity index (χ0n) is 13.2. The first-order valence-electron chi connectivity index (χ1n) is 8.26. The number of nitrogens with zero attached hydrogens (tertiary/aromatic N) is 2. The number of aliphatic hydroxyl groups is 1. The summed E-state index contributed by atoms with van der Waals surface area (Å²) in [7, 11) is 0. The Morgan fingerprint density at radius 2 is 2.08 bits per heavy atom. The van der Waals surface area contributed by atoms with E-state index in [0.29, 0.717) is 37.6 Å². The van der Waals surface area contributed by atoms with Crippen LogP contribution in [0.5, 0.6) is 0 Å². The van der Waals surface area contributed by atoms with Crippen LogP contribution in [0.3, 0.4) is 0 Å². The third-order valence-electron chi connectivity index (χ3n) is 5.32. The number of rotatable bonds is 4. The fourth-order valence-corrected chi connectivity index (χ4v) is 3.77. The van der Waals surface area contributed by atoms with E-state index >= 15 is 0 Å². The molecule has 4 rings (SSSR count). The second-order valence-electron chi connectivity index (χ2n) is 6.52. The second-order valence-corrected chi connectivity index (χ2v) is 6.52. The van der Waals surface area contributed by atoms with Crippen molar-refractivity contribution in [2.24, 2.45) is 5.41 Å². The normalized spacial score (nSPS) is 25.6. The van der Waals surface area contributed by atoms with E-state index in [0.717, 1.165) is 12.8 Å². The lowest BCUT2D eigenvalue weighted by molar-refractivity contribution is -0.149. The summed E-state index contributed by atoms with van der Waals surface area (Å²) >= 11 is 0. The van der Waals surface area contributed by atoms with Gasteiger partial charge in [0.1, 0.15) is 5.82 Å². The maximum absolute atomic E-state index is 13.8. The Balaban J connectivity index is 1.41. The van der Waals surface area contributed by atoms with E-state index in [2.05, 4.69) is 15.5 Å². The first-order valence-corrected chi connectivity index (χ1v) is 8.26. The van der Waals surface area contributed by atoms with Crippen LogP contribution in [0.15, 0.2) is 28.8 Å². The fourth-order valence-electron chi connectivity index (χ4n) is 3.77. The summed E-state index contributed by atoms with van der Waals surface area (Å²) in [6.45, 7) is 1.78. The predicted molar refractivity (Wildman–Crippen MR) is 83.4 cm³/mol. The molecule has 2 heterocycles. The van der Waals surface area contributed by atoms with Gasteiger partial charge < -0.3 is 19.7 Å². The van der Waals surface area contributed by atoms with Gasteiger partial charge in [0.2, 0.25) is 11.7 Å². The van der Waals surface area contributed by atoms with E-state index in [4.69, 9.17) is 9.26 Å². The molecule has 0 bridgehead atoms. The van der Waals surface area contributed by atoms with Crippen LogP contribution in [-0.2, 0) is 11.3 Å². The van der Waals surface area contributed by atoms with Gasteiger partial charge in [0.25, 0.3) is 0 Å². The zero-order chi connectivity index (χ0) is 16.6. The molecular weight excluding hydrogens is 313 g/mol. The summed E-state index contributed by atoms with van der Waals surface area (Å²) in [5.41, 5.74) is 0.222. The van der Waals surface area contributed by atoms with Crippen molar-refractivity contribution in [2.75, 3.05) is 13.2 Å². The van der Waals surface area contributed by atoms with Crippen LogP contribution in [-0.4, -0.2) is 40.6 Å². The van der Waals surface area contributed by atoms with Crippen LogP contribution < -0.4 is 5.32 Å². The molecule has 0 radical (unpaired) electrons. The standard InChI is InChI=1S/C17H20FN3O3/c18-12-4-2-1-3-11(12)16-20-15(24-21-16)10-19-13-9-14(22)17(13)5-7-23-8-6-17/h1-4,13-14,19,22H,5-10H2/t13-,14-/m1/s1. The van der Waals surface area contributed by atoms with Gasteiger partial charge in [-0.25, -0.2) is 4.39 Å². The van der Waals surface area contributed by atoms with Crippen molar-refractivity contribution >= 4 is 0 Å². The van der Waals surface area contributed by atoms with Crippen molar-refractivity contribution in [3.63, 3.8) is 0 Å². The first kappa shape index (κ1) is 15.7. The molecule has 1 aliphatic carbocycles. The molecule has 2 atom stereocenters. The lowest BCUT2D eigenvalue weighted by Crippen LogP contribution is -2.64. The minimum absolute atomic E-state index is 0.105. The van der Waals surface area contributed by atoms with E-state index in [1.807, 2.05) is 0 Å². The lowest BCUT2D eigenvalue weighted by atomic mass is 9.58. The van der Waals surface area contributed by atoms with Crippen molar-refractivity contribution in [1.82, 2.24) is 15.5 Å². The molecule has 128 valence electrons. The Hall–Kier alpha value is -1.83. The smallest absolute Gasteiger partial charge is 0.240 e. The molecule has 1 saturated carbocycles. The second kappa shape index (κ2) is 6.23. The average Bonchev–Trinajstić information content (AvgIpc) is 3.08. The van der Waals surface area contributed by atoms with Crippen LogP contribution in [0.1, 0.15) is 25.2 Å². The Kier molecular flexibility index (Phi) is 4.07. The van der Waals surface area contributed by atoms with E-state index in [1.54, 1.807) is 18.2 Å². The molecule has 2 N–H and O–H groups in total. The summed E-state index contributed by atoms with van der Waals surface area (Å²) in [5.74, 6) is 0.289. The van der Waals surface area contributed by atoms with Gasteiger partial charge in [-0.2, -0.15) is 4.98 Å². The molecule has 1 aromatic carbocycles. The van der Waals surface area contributed by atoms with E-state index in [9.17, 15) is 9.50 Å². The molecule has 24 heavy (non-hydrogen) atoms. The van der Waals surface area contributed by atoms with Gasteiger partial charge in [-0.1, -0.05) is 17.3 Å². The monoisotopic (exact) mass is 333 g/mol. The number of hydrogen-bond donors (Lipinski definition) is 2. The van der Waals surface area contributed by atoms with Crippen LogP contribution in [0.2, 0.25) is 0 Å². The minimum atomic E-state index is -0.374. The number of halogens is 1. The summed E-state index contributed by atoms with van der Waals surface area (Å²) in [6.07, 6.45) is 2.15. The van der Waals surface area contributed by atoms with Crippen molar-refractivity contribution < 1.29 is 18.8 Å². The highest BCUT2D eigenvalue weighted by Crippen LogP contribution is 2.49. The van der Waals surface area contributed by atoms with Gasteiger partial charge in [0.05, 0.1) is 18.2 Å². The summed E-state index contributed by atoms with van der Waals surface area (Å²) < 4.78 is 24.4. The molecular formula is C17H20FN3O3. The number of aromatic nitrogens is 2. The fraction of sp³-hybridized carbons (Fsp3) is 0.529. The third-order valence-corrected chi connectivity index (χ3v) is 5.32. The Morgan fingerprint density at radius 1 is 1.29 bits per heavy atom. The van der Waals surface area contributed by atoms with E-state index in [1.165, 1.54) is 6.07 Å². The number of nitrogens with one attached hydrogen (secondary N) is 1. The summed E-state index contributed by atoms with van der Waals surface area (Å²) in [5, 5.41) is 17.4. The molecule has 7 heteroatoms. The van der Waals surface area contributed by atoms with Gasteiger partial charge in [0, 0.05) is 24.7 Å². The van der Waals surface area contributed by atoms with Crippen LogP contribution in [0.4, 0.5) is 4.39 Å². The lowest BCUT2D eigenvalue weighted by Gasteiger charge is -2.55. The number of hydrogen-bond acceptors (Lipinski definition) is 6. The van der Waals surface area contributed by atoms with Crippen molar-refractivity contribution in [2.45, 2.75) is 38.0 Å². The van der Waals surface area contributed by atoms with Crippen molar-refractivity contribution in [1.29, 1.82) is 0 Å². The van der Waals surface area contributed by atoms with Crippen LogP contribution in [0.25, 0.3) is 11.4 Å². The molecule has 1 aromatic heterocycles. The van der Waals surface area contributed by atoms with Gasteiger partial charge in [-0.15, -0.1) is 0 Å². The summed E-state index contributed by atoms with van der Waals surface area (Å²) in [4.78, 5) is 4.26. The summed E-state index contributed by atoms with van der Waals surface area (Å²) in [6, 6.07) is 6.55. The van der Waals surface area contributed by atoms with Gasteiger partial charge >= 0.3 is 0 Å². The molecule has 1 spiro atoms.